The number of fused-ring (bicyclic) bond motifs is 1. The third-order valence-electron chi connectivity index (χ3n) is 6.52. The number of anilines is 1. The van der Waals surface area contributed by atoms with Crippen LogP contribution in [0, 0.1) is 11.6 Å². The third kappa shape index (κ3) is 4.98. The van der Waals surface area contributed by atoms with Crippen molar-refractivity contribution in [1.82, 2.24) is 9.72 Å². The van der Waals surface area contributed by atoms with Crippen LogP contribution >= 0.6 is 23.1 Å². The van der Waals surface area contributed by atoms with Gasteiger partial charge in [0, 0.05) is 43.4 Å². The first-order chi connectivity index (χ1) is 18.9. The lowest BCUT2D eigenvalue weighted by atomic mass is 10.1. The van der Waals surface area contributed by atoms with Gasteiger partial charge in [-0.1, -0.05) is 47.3 Å². The van der Waals surface area contributed by atoms with Gasteiger partial charge in [-0.2, -0.15) is 4.57 Å². The molecule has 0 saturated carbocycles. The summed E-state index contributed by atoms with van der Waals surface area (Å²) in [5, 5.41) is 4.80. The van der Waals surface area contributed by atoms with Crippen LogP contribution in [-0.4, -0.2) is 16.8 Å². The molecular formula is C29H23ClF2N4O2S2. The average Bonchev–Trinajstić information content (AvgIpc) is 3.64. The molecule has 0 radical (unpaired) electrons. The maximum absolute atomic E-state index is 14.5. The topological polar surface area (TPSA) is 55.2 Å². The molecule has 6 rings (SSSR count). The van der Waals surface area contributed by atoms with E-state index >= 15 is 0 Å². The van der Waals surface area contributed by atoms with Gasteiger partial charge in [-0.3, -0.25) is 9.36 Å². The number of hydrogen-bond acceptors (Lipinski definition) is 6. The van der Waals surface area contributed by atoms with E-state index in [2.05, 4.69) is 5.16 Å². The van der Waals surface area contributed by atoms with Crippen LogP contribution < -0.4 is 36.6 Å². The first kappa shape index (κ1) is 27.8. The van der Waals surface area contributed by atoms with Crippen LogP contribution in [0.2, 0.25) is 0 Å². The second-order valence-corrected chi connectivity index (χ2v) is 11.0. The lowest BCUT2D eigenvalue weighted by Gasteiger charge is -2.12. The molecule has 0 bridgehead atoms. The average molecular weight is 597 g/mol. The Morgan fingerprint density at radius 1 is 1.07 bits per heavy atom. The van der Waals surface area contributed by atoms with Crippen molar-refractivity contribution in [3.8, 4) is 11.3 Å². The maximum Gasteiger partial charge on any atom is 0.271 e. The minimum absolute atomic E-state index is 0. The Labute approximate surface area is 242 Å². The van der Waals surface area contributed by atoms with E-state index in [-0.39, 0.29) is 22.9 Å². The highest BCUT2D eigenvalue weighted by Crippen LogP contribution is 2.47. The molecule has 0 amide bonds. The van der Waals surface area contributed by atoms with Gasteiger partial charge in [-0.25, -0.2) is 8.78 Å². The summed E-state index contributed by atoms with van der Waals surface area (Å²) in [6, 6.07) is 20.2. The summed E-state index contributed by atoms with van der Waals surface area (Å²) < 4.78 is 38.9. The summed E-state index contributed by atoms with van der Waals surface area (Å²) in [6.45, 7) is 2.83. The SMILES string of the molecule is CCn1c(=O)/c(=C2\Sc3c(ccc(F)c3F)N2C)s/c1=C\c1cccc[n+]1Cc1cc(-c2ccccc2)no1.[Cl-]. The Bertz CT molecular complexity index is 1890. The van der Waals surface area contributed by atoms with Crippen LogP contribution in [0.3, 0.4) is 0 Å². The Hall–Kier alpha value is -3.73. The number of halogens is 3. The summed E-state index contributed by atoms with van der Waals surface area (Å²) in [5.41, 5.74) is 2.99. The molecule has 0 saturated heterocycles. The molecule has 11 heteroatoms. The van der Waals surface area contributed by atoms with Gasteiger partial charge in [0.1, 0.15) is 19.9 Å². The van der Waals surface area contributed by atoms with Crippen LogP contribution in [0.25, 0.3) is 22.4 Å². The van der Waals surface area contributed by atoms with Crippen LogP contribution in [0.1, 0.15) is 18.4 Å². The molecule has 204 valence electrons. The van der Waals surface area contributed by atoms with Gasteiger partial charge in [0.05, 0.1) is 10.6 Å². The van der Waals surface area contributed by atoms with Gasteiger partial charge in [0.15, 0.2) is 17.8 Å². The first-order valence-electron chi connectivity index (χ1n) is 12.3. The lowest BCUT2D eigenvalue weighted by Crippen LogP contribution is -3.00. The fourth-order valence-electron chi connectivity index (χ4n) is 4.52. The zero-order valence-electron chi connectivity index (χ0n) is 21.5. The first-order valence-corrected chi connectivity index (χ1v) is 13.9. The van der Waals surface area contributed by atoms with Crippen molar-refractivity contribution in [3.63, 3.8) is 0 Å². The van der Waals surface area contributed by atoms with Crippen LogP contribution in [0.5, 0.6) is 0 Å². The minimum atomic E-state index is -0.904. The van der Waals surface area contributed by atoms with E-state index in [0.717, 1.165) is 39.4 Å². The van der Waals surface area contributed by atoms with E-state index < -0.39 is 11.6 Å². The summed E-state index contributed by atoms with van der Waals surface area (Å²) in [6.07, 6.45) is 3.91. The fourth-order valence-corrected chi connectivity index (χ4v) is 7.00. The van der Waals surface area contributed by atoms with Crippen LogP contribution in [0.15, 0.2) is 87.1 Å². The number of aromatic nitrogens is 3. The number of nitrogens with zero attached hydrogens (tertiary/aromatic N) is 4. The molecule has 4 heterocycles. The fraction of sp³-hybridized carbons (Fsp3) is 0.138. The molecule has 2 aromatic carbocycles. The molecule has 0 unspecified atom stereocenters. The number of benzene rings is 2. The van der Waals surface area contributed by atoms with E-state index in [0.29, 0.717) is 34.1 Å². The molecule has 0 atom stereocenters. The summed E-state index contributed by atoms with van der Waals surface area (Å²) >= 11 is 2.42. The predicted octanol–water partition coefficient (Wildman–Crippen LogP) is 1.34. The highest BCUT2D eigenvalue weighted by molar-refractivity contribution is 8.08. The van der Waals surface area contributed by atoms with Gasteiger partial charge in [0.25, 0.3) is 5.56 Å². The van der Waals surface area contributed by atoms with Gasteiger partial charge < -0.3 is 21.8 Å². The molecular weight excluding hydrogens is 574 g/mol. The van der Waals surface area contributed by atoms with Crippen molar-refractivity contribution in [2.24, 2.45) is 0 Å². The highest BCUT2D eigenvalue weighted by Gasteiger charge is 2.29. The van der Waals surface area contributed by atoms with Crippen molar-refractivity contribution in [1.29, 1.82) is 0 Å². The van der Waals surface area contributed by atoms with E-state index in [1.165, 1.54) is 17.4 Å². The normalized spacial score (nSPS) is 14.4. The molecule has 5 aromatic rings. The summed E-state index contributed by atoms with van der Waals surface area (Å²) in [5.74, 6) is -1.10. The molecule has 0 N–H and O–H groups in total. The number of thioether (sulfide) groups is 1. The van der Waals surface area contributed by atoms with Crippen molar-refractivity contribution in [2.45, 2.75) is 24.9 Å². The van der Waals surface area contributed by atoms with E-state index in [1.54, 1.807) is 16.5 Å². The zero-order chi connectivity index (χ0) is 27.1. The van der Waals surface area contributed by atoms with Gasteiger partial charge >= 0.3 is 0 Å². The second kappa shape index (κ2) is 11.4. The quantitative estimate of drug-likeness (QED) is 0.287. The van der Waals surface area contributed by atoms with Gasteiger partial charge in [0.2, 0.25) is 18.0 Å². The Kier molecular flexibility index (Phi) is 7.93. The standard InChI is InChI=1S/C29H23F2N4O2S2.ClH/c1-3-35-24(38-27(28(35)36)29-33(2)23-13-12-21(30)25(31)26(23)39-29)15-19-11-7-8-14-34(19)17-20-16-22(32-37-20)18-9-5-4-6-10-18;/h4-16H,3,17H2,1-2H3;1H/q+1;/p-1/b29-27+;. The highest BCUT2D eigenvalue weighted by atomic mass is 35.5. The molecule has 6 nitrogen and oxygen atoms in total. The van der Waals surface area contributed by atoms with Crippen molar-refractivity contribution >= 4 is 39.9 Å². The monoisotopic (exact) mass is 596 g/mol. The van der Waals surface area contributed by atoms with Gasteiger partial charge in [-0.15, -0.1) is 11.3 Å². The van der Waals surface area contributed by atoms with Gasteiger partial charge in [-0.05, 0) is 25.1 Å². The smallest absolute Gasteiger partial charge is 0.271 e. The largest absolute Gasteiger partial charge is 1.00 e. The van der Waals surface area contributed by atoms with Crippen molar-refractivity contribution < 1.29 is 30.3 Å². The van der Waals surface area contributed by atoms with E-state index in [4.69, 9.17) is 4.52 Å². The van der Waals surface area contributed by atoms with Crippen molar-refractivity contribution in [3.05, 3.63) is 116 Å². The minimum Gasteiger partial charge on any atom is -1.00 e. The van der Waals surface area contributed by atoms with E-state index in [9.17, 15) is 13.6 Å². The van der Waals surface area contributed by atoms with Crippen LogP contribution in [0.4, 0.5) is 14.5 Å². The molecule has 0 fully saturated rings. The summed E-state index contributed by atoms with van der Waals surface area (Å²) in [4.78, 5) is 15.4. The molecule has 1 aliphatic rings. The maximum atomic E-state index is 14.5. The Morgan fingerprint density at radius 2 is 1.85 bits per heavy atom. The lowest BCUT2D eigenvalue weighted by molar-refractivity contribution is -0.691. The molecule has 3 aromatic heterocycles. The molecule has 0 aliphatic carbocycles. The second-order valence-electron chi connectivity index (χ2n) is 8.94. The molecule has 1 aliphatic heterocycles. The molecule has 0 spiro atoms. The number of rotatable bonds is 5. The van der Waals surface area contributed by atoms with Crippen LogP contribution in [-0.2, 0) is 13.1 Å². The van der Waals surface area contributed by atoms with Crippen molar-refractivity contribution in [2.75, 3.05) is 11.9 Å². The Balaban J connectivity index is 0.00000323. The predicted molar refractivity (Wildman–Crippen MR) is 149 cm³/mol. The molecule has 40 heavy (non-hydrogen) atoms. The Morgan fingerprint density at radius 3 is 2.62 bits per heavy atom. The number of hydrogen-bond donors (Lipinski definition) is 0. The summed E-state index contributed by atoms with van der Waals surface area (Å²) in [7, 11) is 1.76. The number of pyridine rings is 1. The zero-order valence-corrected chi connectivity index (χ0v) is 23.9. The third-order valence-corrected chi connectivity index (χ3v) is 9.03. The number of thiazole rings is 1. The van der Waals surface area contributed by atoms with E-state index in [1.807, 2.05) is 78.4 Å².